The van der Waals surface area contributed by atoms with E-state index in [2.05, 4.69) is 5.32 Å². The molecule has 2 aromatic carbocycles. The third kappa shape index (κ3) is 5.83. The number of carbonyl (C=O) groups excluding carboxylic acids is 2. The lowest BCUT2D eigenvalue weighted by atomic mass is 10.1. The van der Waals surface area contributed by atoms with E-state index in [0.717, 1.165) is 16.7 Å². The molecule has 0 heterocycles. The fraction of sp³-hybridized carbons (Fsp3) is 0.364. The second-order valence-corrected chi connectivity index (χ2v) is 7.00. The Hall–Kier alpha value is -2.33. The predicted octanol–water partition coefficient (Wildman–Crippen LogP) is 4.13. The first kappa shape index (κ1) is 21.0. The van der Waals surface area contributed by atoms with Crippen molar-refractivity contribution < 1.29 is 9.59 Å². The number of nitrogens with zero attached hydrogens (tertiary/aromatic N) is 1. The number of likely N-dealkylation sites (N-methyl/N-ethyl adjacent to an activating group) is 1. The van der Waals surface area contributed by atoms with Crippen LogP contribution in [0.15, 0.2) is 48.5 Å². The highest BCUT2D eigenvalue weighted by atomic mass is 35.5. The van der Waals surface area contributed by atoms with Crippen molar-refractivity contribution in [3.8, 4) is 0 Å². The lowest BCUT2D eigenvalue weighted by Gasteiger charge is -2.31. The van der Waals surface area contributed by atoms with Gasteiger partial charge in [-0.1, -0.05) is 66.6 Å². The van der Waals surface area contributed by atoms with E-state index in [-0.39, 0.29) is 18.2 Å². The number of benzene rings is 2. The zero-order valence-corrected chi connectivity index (χ0v) is 16.9. The zero-order chi connectivity index (χ0) is 19.8. The average molecular weight is 387 g/mol. The van der Waals surface area contributed by atoms with Crippen molar-refractivity contribution in [2.75, 3.05) is 6.54 Å². The third-order valence-electron chi connectivity index (χ3n) is 4.47. The monoisotopic (exact) mass is 386 g/mol. The molecule has 0 aromatic heterocycles. The van der Waals surface area contributed by atoms with Gasteiger partial charge in [0, 0.05) is 18.1 Å². The van der Waals surface area contributed by atoms with E-state index >= 15 is 0 Å². The highest BCUT2D eigenvalue weighted by Crippen LogP contribution is 2.19. The Morgan fingerprint density at radius 3 is 2.48 bits per heavy atom. The summed E-state index contributed by atoms with van der Waals surface area (Å²) in [4.78, 5) is 27.4. The molecule has 0 aliphatic heterocycles. The largest absolute Gasteiger partial charge is 0.355 e. The van der Waals surface area contributed by atoms with Crippen molar-refractivity contribution in [1.29, 1.82) is 0 Å². The maximum Gasteiger partial charge on any atom is 0.242 e. The van der Waals surface area contributed by atoms with E-state index in [4.69, 9.17) is 11.6 Å². The molecule has 2 rings (SSSR count). The summed E-state index contributed by atoms with van der Waals surface area (Å²) in [6.07, 6.45) is 0.716. The fourth-order valence-corrected chi connectivity index (χ4v) is 3.33. The summed E-state index contributed by atoms with van der Waals surface area (Å²) in [5.41, 5.74) is 2.89. The van der Waals surface area contributed by atoms with E-state index in [9.17, 15) is 9.59 Å². The van der Waals surface area contributed by atoms with Gasteiger partial charge >= 0.3 is 0 Å². The number of hydrogen-bond acceptors (Lipinski definition) is 2. The van der Waals surface area contributed by atoms with E-state index in [0.29, 0.717) is 24.5 Å². The lowest BCUT2D eigenvalue weighted by molar-refractivity contribution is -0.140. The van der Waals surface area contributed by atoms with Gasteiger partial charge in [-0.25, -0.2) is 0 Å². The van der Waals surface area contributed by atoms with Crippen LogP contribution < -0.4 is 5.32 Å². The number of halogens is 1. The van der Waals surface area contributed by atoms with Crippen LogP contribution in [0, 0.1) is 6.92 Å². The topological polar surface area (TPSA) is 49.4 Å². The van der Waals surface area contributed by atoms with Crippen molar-refractivity contribution in [2.45, 2.75) is 46.2 Å². The van der Waals surface area contributed by atoms with Crippen LogP contribution in [-0.4, -0.2) is 29.3 Å². The number of nitrogens with one attached hydrogen (secondary N) is 1. The Kier molecular flexibility index (Phi) is 7.86. The molecule has 144 valence electrons. The Morgan fingerprint density at radius 1 is 1.11 bits per heavy atom. The molecule has 2 aromatic rings. The Bertz CT molecular complexity index is 791. The van der Waals surface area contributed by atoms with E-state index < -0.39 is 6.04 Å². The number of carbonyl (C=O) groups is 2. The standard InChI is InChI=1S/C22H27ClN2O2/c1-4-20(22(27)24-5-2)25(15-17-10-8-9-16(3)13-17)21(26)14-18-11-6-7-12-19(18)23/h6-13,20H,4-5,14-15H2,1-3H3,(H,24,27)/t20-/m1/s1. The quantitative estimate of drug-likeness (QED) is 0.741. The number of amides is 2. The molecular weight excluding hydrogens is 360 g/mol. The highest BCUT2D eigenvalue weighted by molar-refractivity contribution is 6.31. The third-order valence-corrected chi connectivity index (χ3v) is 4.84. The number of hydrogen-bond donors (Lipinski definition) is 1. The van der Waals surface area contributed by atoms with Gasteiger partial charge in [0.25, 0.3) is 0 Å². The van der Waals surface area contributed by atoms with Crippen molar-refractivity contribution in [1.82, 2.24) is 10.2 Å². The number of rotatable bonds is 8. The first-order valence-corrected chi connectivity index (χ1v) is 9.70. The first-order chi connectivity index (χ1) is 13.0. The smallest absolute Gasteiger partial charge is 0.242 e. The van der Waals surface area contributed by atoms with Gasteiger partial charge in [-0.05, 0) is 37.5 Å². The van der Waals surface area contributed by atoms with Crippen LogP contribution >= 0.6 is 11.6 Å². The van der Waals surface area contributed by atoms with Crippen LogP contribution in [0.1, 0.15) is 37.0 Å². The average Bonchev–Trinajstić information content (AvgIpc) is 2.63. The van der Waals surface area contributed by atoms with Gasteiger partial charge in [-0.3, -0.25) is 9.59 Å². The van der Waals surface area contributed by atoms with Crippen LogP contribution in [0.3, 0.4) is 0 Å². The molecule has 0 saturated carbocycles. The minimum atomic E-state index is -0.513. The van der Waals surface area contributed by atoms with Crippen LogP contribution in [0.5, 0.6) is 0 Å². The van der Waals surface area contributed by atoms with Gasteiger partial charge < -0.3 is 10.2 Å². The summed E-state index contributed by atoms with van der Waals surface area (Å²) >= 11 is 6.23. The summed E-state index contributed by atoms with van der Waals surface area (Å²) in [6, 6.07) is 14.8. The molecule has 0 aliphatic rings. The van der Waals surface area contributed by atoms with Crippen molar-refractivity contribution >= 4 is 23.4 Å². The van der Waals surface area contributed by atoms with Crippen LogP contribution in [0.4, 0.5) is 0 Å². The molecule has 4 nitrogen and oxygen atoms in total. The normalized spacial score (nSPS) is 11.7. The molecule has 5 heteroatoms. The van der Waals surface area contributed by atoms with Crippen LogP contribution in [0.25, 0.3) is 0 Å². The summed E-state index contributed by atoms with van der Waals surface area (Å²) in [6.45, 7) is 6.74. The van der Waals surface area contributed by atoms with Crippen molar-refractivity contribution in [3.63, 3.8) is 0 Å². The highest BCUT2D eigenvalue weighted by Gasteiger charge is 2.28. The molecule has 0 aliphatic carbocycles. The van der Waals surface area contributed by atoms with Crippen molar-refractivity contribution in [2.24, 2.45) is 0 Å². The molecule has 27 heavy (non-hydrogen) atoms. The maximum atomic E-state index is 13.2. The summed E-state index contributed by atoms with van der Waals surface area (Å²) in [7, 11) is 0. The lowest BCUT2D eigenvalue weighted by Crippen LogP contribution is -2.49. The molecule has 0 radical (unpaired) electrons. The SMILES string of the molecule is CCNC(=O)[C@@H](CC)N(Cc1cccc(C)c1)C(=O)Cc1ccccc1Cl. The Balaban J connectivity index is 2.30. The summed E-state index contributed by atoms with van der Waals surface area (Å²) in [5.74, 6) is -0.233. The molecule has 2 amide bonds. The molecule has 1 atom stereocenters. The second kappa shape index (κ2) is 10.1. The van der Waals surface area contributed by atoms with Crippen LogP contribution in [0.2, 0.25) is 5.02 Å². The summed E-state index contributed by atoms with van der Waals surface area (Å²) in [5, 5.41) is 3.41. The van der Waals surface area contributed by atoms with Gasteiger partial charge in [-0.2, -0.15) is 0 Å². The number of aryl methyl sites for hydroxylation is 1. The first-order valence-electron chi connectivity index (χ1n) is 9.32. The predicted molar refractivity (Wildman–Crippen MR) is 110 cm³/mol. The molecule has 0 bridgehead atoms. The Labute approximate surface area is 166 Å². The maximum absolute atomic E-state index is 13.2. The van der Waals surface area contributed by atoms with Gasteiger partial charge in [-0.15, -0.1) is 0 Å². The van der Waals surface area contributed by atoms with Gasteiger partial charge in [0.1, 0.15) is 6.04 Å². The van der Waals surface area contributed by atoms with Crippen molar-refractivity contribution in [3.05, 3.63) is 70.2 Å². The zero-order valence-electron chi connectivity index (χ0n) is 16.2. The van der Waals surface area contributed by atoms with E-state index in [1.807, 2.05) is 63.2 Å². The summed E-state index contributed by atoms with van der Waals surface area (Å²) < 4.78 is 0. The van der Waals surface area contributed by atoms with Gasteiger partial charge in [0.05, 0.1) is 6.42 Å². The molecule has 1 N–H and O–H groups in total. The Morgan fingerprint density at radius 2 is 1.85 bits per heavy atom. The fourth-order valence-electron chi connectivity index (χ4n) is 3.12. The minimum absolute atomic E-state index is 0.109. The van der Waals surface area contributed by atoms with E-state index in [1.54, 1.807) is 11.0 Å². The van der Waals surface area contributed by atoms with Gasteiger partial charge in [0.2, 0.25) is 11.8 Å². The van der Waals surface area contributed by atoms with Gasteiger partial charge in [0.15, 0.2) is 0 Å². The molecule has 0 fully saturated rings. The second-order valence-electron chi connectivity index (χ2n) is 6.60. The molecule has 0 saturated heterocycles. The molecule has 0 unspecified atom stereocenters. The molecular formula is C22H27ClN2O2. The minimum Gasteiger partial charge on any atom is -0.355 e. The van der Waals surface area contributed by atoms with Crippen LogP contribution in [-0.2, 0) is 22.6 Å². The van der Waals surface area contributed by atoms with E-state index in [1.165, 1.54) is 0 Å². The molecule has 0 spiro atoms.